The van der Waals surface area contributed by atoms with Gasteiger partial charge in [0.2, 0.25) is 5.90 Å². The molecule has 0 unspecified atom stereocenters. The van der Waals surface area contributed by atoms with Crippen LogP contribution in [0.25, 0.3) is 6.08 Å². The normalized spacial score (nSPS) is 16.4. The van der Waals surface area contributed by atoms with Crippen LogP contribution in [0.3, 0.4) is 0 Å². The number of furan rings is 1. The lowest BCUT2D eigenvalue weighted by atomic mass is 10.2. The van der Waals surface area contributed by atoms with E-state index in [-0.39, 0.29) is 5.70 Å². The number of halogens is 2. The molecule has 4 nitrogen and oxygen atoms in total. The Labute approximate surface area is 136 Å². The number of rotatable bonds is 2. The van der Waals surface area contributed by atoms with Crippen LogP contribution in [0.4, 0.5) is 0 Å². The number of nitrogens with zero attached hydrogens (tertiary/aromatic N) is 1. The number of hydrogen-bond acceptors (Lipinski definition) is 4. The monoisotopic (exact) mass is 443 g/mol. The van der Waals surface area contributed by atoms with Gasteiger partial charge in [-0.3, -0.25) is 0 Å². The number of aliphatic imine (C=N–C) groups is 1. The molecule has 0 bridgehead atoms. The second kappa shape index (κ2) is 5.53. The molecule has 0 atom stereocenters. The summed E-state index contributed by atoms with van der Waals surface area (Å²) in [5.74, 6) is 0.366. The van der Waals surface area contributed by atoms with Gasteiger partial charge in [-0.2, -0.15) is 0 Å². The Morgan fingerprint density at radius 1 is 1.15 bits per heavy atom. The zero-order chi connectivity index (χ0) is 14.1. The van der Waals surface area contributed by atoms with E-state index in [0.717, 1.165) is 9.13 Å². The number of benzene rings is 1. The van der Waals surface area contributed by atoms with Gasteiger partial charge in [0, 0.05) is 15.2 Å². The van der Waals surface area contributed by atoms with Crippen LogP contribution in [0.2, 0.25) is 0 Å². The van der Waals surface area contributed by atoms with Gasteiger partial charge in [0.15, 0.2) is 10.4 Å². The van der Waals surface area contributed by atoms with Gasteiger partial charge >= 0.3 is 5.97 Å². The van der Waals surface area contributed by atoms with Crippen molar-refractivity contribution >= 4 is 56.5 Å². The van der Waals surface area contributed by atoms with E-state index >= 15 is 0 Å². The highest BCUT2D eigenvalue weighted by Gasteiger charge is 2.24. The van der Waals surface area contributed by atoms with Gasteiger partial charge in [-0.25, -0.2) is 9.79 Å². The van der Waals surface area contributed by atoms with Gasteiger partial charge in [0.1, 0.15) is 5.76 Å². The molecule has 0 saturated heterocycles. The minimum absolute atomic E-state index is 0.223. The molecule has 3 rings (SSSR count). The van der Waals surface area contributed by atoms with Crippen molar-refractivity contribution in [3.8, 4) is 0 Å². The van der Waals surface area contributed by atoms with Crippen LogP contribution < -0.4 is 0 Å². The number of ether oxygens (including phenoxy) is 1. The molecule has 2 heterocycles. The summed E-state index contributed by atoms with van der Waals surface area (Å²) in [7, 11) is 0. The quantitative estimate of drug-likeness (QED) is 0.400. The third kappa shape index (κ3) is 2.85. The molecule has 100 valence electrons. The fraction of sp³-hybridized carbons (Fsp3) is 0. The SMILES string of the molecule is O=C1OC(c2ccc(I)cc2)=N/C1=C\c1ccc(Br)o1. The van der Waals surface area contributed by atoms with E-state index in [4.69, 9.17) is 9.15 Å². The van der Waals surface area contributed by atoms with Crippen LogP contribution in [-0.4, -0.2) is 11.9 Å². The summed E-state index contributed by atoms with van der Waals surface area (Å²) in [6.07, 6.45) is 1.55. The first-order chi connectivity index (χ1) is 9.61. The summed E-state index contributed by atoms with van der Waals surface area (Å²) in [6, 6.07) is 11.1. The maximum Gasteiger partial charge on any atom is 0.363 e. The van der Waals surface area contributed by atoms with Crippen LogP contribution in [0.1, 0.15) is 11.3 Å². The minimum atomic E-state index is -0.480. The van der Waals surface area contributed by atoms with Gasteiger partial charge in [0.25, 0.3) is 0 Å². The first kappa shape index (κ1) is 13.6. The minimum Gasteiger partial charge on any atom is -0.450 e. The average molecular weight is 444 g/mol. The standard InChI is InChI=1S/C14H7BrINO3/c15-12-6-5-10(19-12)7-11-14(18)20-13(17-11)8-1-3-9(16)4-2-8/h1-7H/b11-7-. The number of esters is 1. The van der Waals surface area contributed by atoms with Gasteiger partial charge in [-0.15, -0.1) is 0 Å². The zero-order valence-corrected chi connectivity index (χ0v) is 13.7. The van der Waals surface area contributed by atoms with E-state index in [2.05, 4.69) is 43.5 Å². The molecule has 6 heteroatoms. The molecule has 20 heavy (non-hydrogen) atoms. The largest absolute Gasteiger partial charge is 0.450 e. The predicted octanol–water partition coefficient (Wildman–Crippen LogP) is 3.99. The third-order valence-corrected chi connectivity index (χ3v) is 3.73. The van der Waals surface area contributed by atoms with Crippen LogP contribution in [-0.2, 0) is 9.53 Å². The first-order valence-electron chi connectivity index (χ1n) is 5.66. The molecule has 0 radical (unpaired) electrons. The molecule has 0 saturated carbocycles. The highest BCUT2D eigenvalue weighted by molar-refractivity contribution is 14.1. The van der Waals surface area contributed by atoms with Crippen molar-refractivity contribution < 1.29 is 13.9 Å². The van der Waals surface area contributed by atoms with Gasteiger partial charge in [0.05, 0.1) is 0 Å². The second-order valence-corrected chi connectivity index (χ2v) is 6.01. The summed E-state index contributed by atoms with van der Waals surface area (Å²) in [4.78, 5) is 16.0. The Morgan fingerprint density at radius 3 is 2.55 bits per heavy atom. The van der Waals surface area contributed by atoms with Crippen molar-refractivity contribution in [2.24, 2.45) is 4.99 Å². The molecule has 1 aliphatic rings. The third-order valence-electron chi connectivity index (χ3n) is 2.58. The van der Waals surface area contributed by atoms with Crippen LogP contribution in [0, 0.1) is 3.57 Å². The van der Waals surface area contributed by atoms with Crippen molar-refractivity contribution in [3.63, 3.8) is 0 Å². The predicted molar refractivity (Wildman–Crippen MR) is 86.2 cm³/mol. The van der Waals surface area contributed by atoms with Gasteiger partial charge < -0.3 is 9.15 Å². The van der Waals surface area contributed by atoms with E-state index in [1.807, 2.05) is 24.3 Å². The molecule has 0 aliphatic carbocycles. The molecule has 1 aromatic heterocycles. The molecular formula is C14H7BrINO3. The van der Waals surface area contributed by atoms with E-state index in [0.29, 0.717) is 16.3 Å². The van der Waals surface area contributed by atoms with Crippen molar-refractivity contribution in [1.29, 1.82) is 0 Å². The van der Waals surface area contributed by atoms with E-state index in [9.17, 15) is 4.79 Å². The van der Waals surface area contributed by atoms with Crippen LogP contribution in [0.5, 0.6) is 0 Å². The zero-order valence-electron chi connectivity index (χ0n) is 9.97. The lowest BCUT2D eigenvalue weighted by Gasteiger charge is -1.98. The first-order valence-corrected chi connectivity index (χ1v) is 7.53. The Kier molecular flexibility index (Phi) is 3.75. The molecule has 0 spiro atoms. The van der Waals surface area contributed by atoms with Crippen molar-refractivity contribution in [2.75, 3.05) is 0 Å². The van der Waals surface area contributed by atoms with Crippen molar-refractivity contribution in [2.45, 2.75) is 0 Å². The molecular weight excluding hydrogens is 437 g/mol. The molecule has 2 aromatic rings. The van der Waals surface area contributed by atoms with Crippen molar-refractivity contribution in [3.05, 3.63) is 61.7 Å². The lowest BCUT2D eigenvalue weighted by molar-refractivity contribution is -0.129. The Hall–Kier alpha value is -1.41. The van der Waals surface area contributed by atoms with E-state index in [1.165, 1.54) is 0 Å². The average Bonchev–Trinajstić information content (AvgIpc) is 2.98. The number of carbonyl (C=O) groups excluding carboxylic acids is 1. The maximum atomic E-state index is 11.8. The summed E-state index contributed by atoms with van der Waals surface area (Å²) in [6.45, 7) is 0. The van der Waals surface area contributed by atoms with Crippen LogP contribution in [0.15, 0.2) is 56.2 Å². The number of carbonyl (C=O) groups is 1. The molecule has 0 fully saturated rings. The van der Waals surface area contributed by atoms with Crippen molar-refractivity contribution in [1.82, 2.24) is 0 Å². The molecule has 0 N–H and O–H groups in total. The fourth-order valence-corrected chi connectivity index (χ4v) is 2.34. The molecule has 0 amide bonds. The Bertz CT molecular complexity index is 731. The maximum absolute atomic E-state index is 11.8. The van der Waals surface area contributed by atoms with Gasteiger partial charge in [-0.05, 0) is 74.9 Å². The lowest BCUT2D eigenvalue weighted by Crippen LogP contribution is -2.05. The highest BCUT2D eigenvalue weighted by Crippen LogP contribution is 2.22. The summed E-state index contributed by atoms with van der Waals surface area (Å²) < 4.78 is 12.2. The number of cyclic esters (lactones) is 1. The Balaban J connectivity index is 1.92. The van der Waals surface area contributed by atoms with Gasteiger partial charge in [-0.1, -0.05) is 0 Å². The summed E-state index contributed by atoms with van der Waals surface area (Å²) in [5, 5.41) is 0. The second-order valence-electron chi connectivity index (χ2n) is 3.98. The summed E-state index contributed by atoms with van der Waals surface area (Å²) >= 11 is 5.41. The topological polar surface area (TPSA) is 51.8 Å². The molecule has 1 aromatic carbocycles. The smallest absolute Gasteiger partial charge is 0.363 e. The van der Waals surface area contributed by atoms with Crippen LogP contribution >= 0.6 is 38.5 Å². The Morgan fingerprint density at radius 2 is 1.90 bits per heavy atom. The fourth-order valence-electron chi connectivity index (χ4n) is 1.67. The summed E-state index contributed by atoms with van der Waals surface area (Å²) in [5.41, 5.74) is 0.989. The van der Waals surface area contributed by atoms with E-state index < -0.39 is 5.97 Å². The van der Waals surface area contributed by atoms with E-state index in [1.54, 1.807) is 18.2 Å². The number of hydrogen-bond donors (Lipinski definition) is 0. The highest BCUT2D eigenvalue weighted by atomic mass is 127. The molecule has 1 aliphatic heterocycles.